The van der Waals surface area contributed by atoms with Crippen LogP contribution in [0.15, 0.2) is 0 Å². The zero-order valence-electron chi connectivity index (χ0n) is 94.4. The zero-order valence-corrected chi connectivity index (χ0v) is 106. The van der Waals surface area contributed by atoms with Crippen molar-refractivity contribution in [2.75, 3.05) is 328 Å². The van der Waals surface area contributed by atoms with Crippen molar-refractivity contribution in [3.05, 3.63) is 0 Å². The number of nitrogens with zero attached hydrogens (tertiary/aromatic N) is 6. The van der Waals surface area contributed by atoms with Gasteiger partial charge in [-0.2, -0.15) is 0 Å². The van der Waals surface area contributed by atoms with E-state index in [1.807, 2.05) is 130 Å². The van der Waals surface area contributed by atoms with E-state index >= 15 is 0 Å². The third-order valence-electron chi connectivity index (χ3n) is 18.0. The molecule has 0 aliphatic carbocycles. The minimum absolute atomic E-state index is 0.0451. The summed E-state index contributed by atoms with van der Waals surface area (Å²) < 4.78 is 131. The topological polar surface area (TPSA) is 640 Å². The summed E-state index contributed by atoms with van der Waals surface area (Å²) in [5.41, 5.74) is 31.6. The van der Waals surface area contributed by atoms with Crippen molar-refractivity contribution in [3.63, 3.8) is 0 Å². The van der Waals surface area contributed by atoms with Crippen molar-refractivity contribution in [2.45, 2.75) is 207 Å². The quantitative estimate of drug-likeness (QED) is 0.0383. The first-order valence-electron chi connectivity index (χ1n) is 48.4. The van der Waals surface area contributed by atoms with Gasteiger partial charge in [-0.15, -0.1) is 0 Å². The lowest BCUT2D eigenvalue weighted by Gasteiger charge is -2.29. The van der Waals surface area contributed by atoms with Gasteiger partial charge in [0.15, 0.2) is 0 Å². The molecule has 864 valence electrons. The van der Waals surface area contributed by atoms with Gasteiger partial charge >= 0.3 is 106 Å². The van der Waals surface area contributed by atoms with Crippen LogP contribution in [0.3, 0.4) is 0 Å². The molecule has 140 heavy (non-hydrogen) atoms. The highest BCUT2D eigenvalue weighted by Crippen LogP contribution is 2.23. The Labute approximate surface area is 862 Å². The van der Waals surface area contributed by atoms with Gasteiger partial charge in [0.1, 0.15) is 0 Å². The molecule has 0 fully saturated rings. The Kier molecular flexibility index (Phi) is 126. The number of hydrogen-bond acceptors (Lipinski definition) is 48. The average molecular weight is 2260 g/mol. The normalized spacial score (nSPS) is 12.3. The smallest absolute Gasteiger partial charge is 0.390 e. The molecule has 0 aliphatic heterocycles. The summed E-state index contributed by atoms with van der Waals surface area (Å²) in [4.78, 5) is 113. The largest absolute Gasteiger partial charge is 0.502 e. The molecular formula is C80H220N12O36Si12. The van der Waals surface area contributed by atoms with Crippen LogP contribution >= 0.6 is 0 Å². The second-order valence-corrected chi connectivity index (χ2v) is 63.1. The summed E-state index contributed by atoms with van der Waals surface area (Å²) in [6, 6.07) is 6.84. The van der Waals surface area contributed by atoms with Crippen LogP contribution in [-0.4, -0.2) is 520 Å². The van der Waals surface area contributed by atoms with Crippen molar-refractivity contribution >= 4 is 106 Å². The molecule has 0 aromatic heterocycles. The minimum Gasteiger partial charge on any atom is -0.390 e. The van der Waals surface area contributed by atoms with Gasteiger partial charge in [0.25, 0.3) is 0 Å². The minimum atomic E-state index is -3.78. The molecule has 0 saturated heterocycles. The SMILES string of the molecule is CCO[Si](CCCN(C)C)(OCC)OCC.CCO[Si](CCCN)(OCC)OCC.CCO[Si](CCCN)(OCC)OCC.CCO[Si](CCN(C)C)(OCC)OCC.CN(C)CCC[Si](O)(O)O.CN(C)CC[Si](O)(O)O.CO[Si](CCCN(C)C)(OC)OC.CO[Si](CCCN)(OC)OC.CO[Si](CCCN)(OC)OC.CO[Si](CCN(C)C)(OC)OC.NCCC[Si](O)(O)O.NCC[Si](O)(O)O. The summed E-state index contributed by atoms with van der Waals surface area (Å²) in [6.45, 7) is 39.8. The summed E-state index contributed by atoms with van der Waals surface area (Å²) in [5.74, 6) is 0. The van der Waals surface area contributed by atoms with E-state index in [4.69, 9.17) is 198 Å². The van der Waals surface area contributed by atoms with Gasteiger partial charge in [0.2, 0.25) is 0 Å². The van der Waals surface area contributed by atoms with Crippen molar-refractivity contribution in [3.8, 4) is 0 Å². The van der Waals surface area contributed by atoms with Gasteiger partial charge in [0, 0.05) is 257 Å². The maximum absolute atomic E-state index is 8.56. The van der Waals surface area contributed by atoms with E-state index in [2.05, 4.69) is 47.8 Å². The standard InChI is InChI=1S/C11H27NO3Si.C10H25NO3Si.2C9H23NO3Si.C8H21NO3Si.C7H19NO3Si.2C6H17NO3Si.C5H15NO3Si.C4H13NO3Si.C3H11NO3Si.C2H9NO3Si/c1-6-13-16(14-7-2,15-8-3)11-9-10-12(4)5;1-6-12-15(13-7-2,14-8-3)10-9-11(4)5;2*1-4-11-14(12-5-2,13-6-3)9-7-8-10;1-9(2)7-6-8-13(10-3,11-4)12-5;1-8(2)6-7-12(9-3,10-4)11-5;2*1-8-11(9-2,10-3)6-4-5-7;1-6(2)4-3-5-10(7,8)9;1-5(2)3-4-9(6,7)8;4-2-1-3-8(5,6)7;3-1-2-7(4,5)6/h6-11H2,1-5H3;6-10H2,1-5H3;2*4-10H2,1-3H3;6-8H2,1-5H3;6-7H2,1-5H3;2*4-7H2,1-3H3;7-9H,3-5H2,1-2H3;6-8H,3-4H2,1-2H3;5-7H,1-4H2;4-6H,1-3H2. The summed E-state index contributed by atoms with van der Waals surface area (Å²) in [6.07, 6.45) is 6.73. The third-order valence-corrected chi connectivity index (χ3v) is 45.5. The molecule has 0 spiro atoms. The fourth-order valence-corrected chi connectivity index (χ4v) is 31.1. The molecule has 0 saturated carbocycles. The molecule has 0 radical (unpaired) electrons. The monoisotopic (exact) mass is 2260 g/mol. The van der Waals surface area contributed by atoms with E-state index in [1.54, 1.807) is 104 Å². The predicted molar refractivity (Wildman–Crippen MR) is 580 cm³/mol. The Morgan fingerprint density at radius 2 is 0.286 bits per heavy atom. The van der Waals surface area contributed by atoms with Crippen molar-refractivity contribution in [1.82, 2.24) is 29.4 Å². The summed E-state index contributed by atoms with van der Waals surface area (Å²) >= 11 is 0. The summed E-state index contributed by atoms with van der Waals surface area (Å²) in [7, 11) is 9.36. The second kappa shape index (κ2) is 107. The van der Waals surface area contributed by atoms with Gasteiger partial charge in [0.05, 0.1) is 0 Å². The van der Waals surface area contributed by atoms with E-state index in [-0.39, 0.29) is 30.7 Å². The molecule has 0 bridgehead atoms. The van der Waals surface area contributed by atoms with Crippen LogP contribution in [0.5, 0.6) is 0 Å². The Morgan fingerprint density at radius 1 is 0.157 bits per heavy atom. The highest BCUT2D eigenvalue weighted by molar-refractivity contribution is 6.63. The molecule has 0 unspecified atom stereocenters. The highest BCUT2D eigenvalue weighted by atomic mass is 28.4. The second-order valence-electron chi connectivity index (χ2n) is 31.6. The van der Waals surface area contributed by atoms with Crippen LogP contribution in [0.25, 0.3) is 0 Å². The lowest BCUT2D eigenvalue weighted by Crippen LogP contribution is -2.47. The fraction of sp³-hybridized carbons (Fsp3) is 1.00. The molecular weight excluding hydrogens is 2040 g/mol. The molecule has 0 aromatic carbocycles. The maximum atomic E-state index is 8.56. The molecule has 0 rings (SSSR count). The highest BCUT2D eigenvalue weighted by Gasteiger charge is 2.45. The predicted octanol–water partition coefficient (Wildman–Crippen LogP) is 1.45. The molecule has 0 heterocycles. The lowest BCUT2D eigenvalue weighted by molar-refractivity contribution is 0.0689. The first-order valence-corrected chi connectivity index (χ1v) is 72.0. The molecule has 0 aliphatic rings. The van der Waals surface area contributed by atoms with Crippen LogP contribution in [0.4, 0.5) is 0 Å². The van der Waals surface area contributed by atoms with E-state index in [0.717, 1.165) is 120 Å². The molecule has 48 nitrogen and oxygen atoms in total. The fourth-order valence-electron chi connectivity index (χ4n) is 11.0. The number of rotatable bonds is 74. The van der Waals surface area contributed by atoms with Crippen LogP contribution in [-0.2, 0) is 106 Å². The third kappa shape index (κ3) is 113. The van der Waals surface area contributed by atoms with Crippen LogP contribution in [0, 0.1) is 0 Å². The molecule has 0 aromatic rings. The van der Waals surface area contributed by atoms with E-state index in [9.17, 15) is 0 Å². The van der Waals surface area contributed by atoms with Crippen molar-refractivity contribution < 1.29 is 164 Å². The molecule has 0 amide bonds. The van der Waals surface area contributed by atoms with E-state index in [0.29, 0.717) is 131 Å². The first kappa shape index (κ1) is 166. The number of nitrogens with two attached hydrogens (primary N) is 6. The average Bonchev–Trinajstić information content (AvgIpc) is 0.875. The van der Waals surface area contributed by atoms with E-state index in [1.165, 1.54) is 0 Å². The Morgan fingerprint density at radius 3 is 0.421 bits per heavy atom. The number of hydrogen-bond donors (Lipinski definition) is 18. The maximum Gasteiger partial charge on any atom is 0.502 e. The lowest BCUT2D eigenvalue weighted by atomic mass is 10.5. The van der Waals surface area contributed by atoms with Crippen LogP contribution < -0.4 is 34.4 Å². The van der Waals surface area contributed by atoms with Crippen molar-refractivity contribution in [2.24, 2.45) is 34.4 Å². The Balaban J connectivity index is -0.000000128. The van der Waals surface area contributed by atoms with Crippen LogP contribution in [0.2, 0.25) is 72.5 Å². The Bertz CT molecular complexity index is 2290. The van der Waals surface area contributed by atoms with Gasteiger partial charge in [-0.25, -0.2) is 0 Å². The molecule has 0 atom stereocenters. The molecule has 24 N–H and O–H groups in total. The van der Waals surface area contributed by atoms with Gasteiger partial charge < -0.3 is 228 Å². The molecule has 60 heteroatoms. The Hall–Kier alpha value is 0.683. The van der Waals surface area contributed by atoms with Gasteiger partial charge in [-0.1, -0.05) is 0 Å². The van der Waals surface area contributed by atoms with Crippen LogP contribution in [0.1, 0.15) is 134 Å². The zero-order chi connectivity index (χ0) is 112. The summed E-state index contributed by atoms with van der Waals surface area (Å²) in [5, 5.41) is 0. The van der Waals surface area contributed by atoms with Crippen molar-refractivity contribution in [1.29, 1.82) is 0 Å². The first-order chi connectivity index (χ1) is 65.3. The van der Waals surface area contributed by atoms with E-state index < -0.39 is 106 Å². The van der Waals surface area contributed by atoms with Gasteiger partial charge in [-0.05, 0) is 278 Å². The van der Waals surface area contributed by atoms with Gasteiger partial charge in [-0.3, -0.25) is 0 Å².